The molecule has 0 bridgehead atoms. The average molecular weight is 533 g/mol. The standard InChI is InChI=1S/C26H21BrN4O4/c27-21-14-18(11-12-22(21)34-16-24(32)30-20-8-2-1-3-9-20)15-29-31-25(33)17-35-23-10-4-6-19-7-5-13-28-26(19)23/h1-15H,16-17H2,(H,30,32)(H,31,33)/b29-15+. The molecule has 4 rings (SSSR count). The van der Waals surface area contributed by atoms with E-state index in [1.165, 1.54) is 6.21 Å². The third kappa shape index (κ3) is 6.87. The first-order valence-electron chi connectivity index (χ1n) is 10.6. The van der Waals surface area contributed by atoms with Gasteiger partial charge in [-0.05, 0) is 64.0 Å². The number of anilines is 1. The van der Waals surface area contributed by atoms with Crippen molar-refractivity contribution in [3.8, 4) is 11.5 Å². The number of nitrogens with one attached hydrogen (secondary N) is 2. The lowest BCUT2D eigenvalue weighted by molar-refractivity contribution is -0.123. The molecule has 0 fully saturated rings. The van der Waals surface area contributed by atoms with E-state index in [0.29, 0.717) is 27.2 Å². The van der Waals surface area contributed by atoms with Crippen molar-refractivity contribution in [3.63, 3.8) is 0 Å². The first-order chi connectivity index (χ1) is 17.1. The van der Waals surface area contributed by atoms with E-state index in [2.05, 4.69) is 36.8 Å². The molecule has 3 aromatic carbocycles. The van der Waals surface area contributed by atoms with Gasteiger partial charge in [-0.2, -0.15) is 5.10 Å². The number of carbonyl (C=O) groups excluding carboxylic acids is 2. The Morgan fingerprint density at radius 1 is 0.886 bits per heavy atom. The normalized spacial score (nSPS) is 10.8. The first kappa shape index (κ1) is 23.9. The molecule has 0 atom stereocenters. The van der Waals surface area contributed by atoms with E-state index in [1.807, 2.05) is 42.5 Å². The van der Waals surface area contributed by atoms with Crippen LogP contribution in [0.15, 0.2) is 94.6 Å². The molecule has 0 radical (unpaired) electrons. The van der Waals surface area contributed by atoms with Crippen molar-refractivity contribution in [2.24, 2.45) is 5.10 Å². The summed E-state index contributed by atoms with van der Waals surface area (Å²) in [6.45, 7) is -0.336. The number of hydrogen-bond donors (Lipinski definition) is 2. The van der Waals surface area contributed by atoms with Gasteiger partial charge in [-0.3, -0.25) is 14.6 Å². The van der Waals surface area contributed by atoms with Crippen molar-refractivity contribution in [1.82, 2.24) is 10.4 Å². The molecule has 0 saturated carbocycles. The van der Waals surface area contributed by atoms with Gasteiger partial charge in [-0.1, -0.05) is 36.4 Å². The Labute approximate surface area is 210 Å². The van der Waals surface area contributed by atoms with Crippen LogP contribution in [0.1, 0.15) is 5.56 Å². The second kappa shape index (κ2) is 11.8. The second-order valence-corrected chi connectivity index (χ2v) is 8.16. The van der Waals surface area contributed by atoms with E-state index in [0.717, 1.165) is 10.9 Å². The molecule has 0 unspecified atom stereocenters. The fraction of sp³-hybridized carbons (Fsp3) is 0.0769. The van der Waals surface area contributed by atoms with Crippen LogP contribution in [0.2, 0.25) is 0 Å². The maximum absolute atomic E-state index is 12.1. The van der Waals surface area contributed by atoms with Gasteiger partial charge in [0, 0.05) is 17.3 Å². The number of hydrazone groups is 1. The Bertz CT molecular complexity index is 1360. The van der Waals surface area contributed by atoms with Crippen LogP contribution in [0.25, 0.3) is 10.9 Å². The Morgan fingerprint density at radius 2 is 1.66 bits per heavy atom. The van der Waals surface area contributed by atoms with E-state index in [9.17, 15) is 9.59 Å². The van der Waals surface area contributed by atoms with E-state index in [1.54, 1.807) is 42.6 Å². The summed E-state index contributed by atoms with van der Waals surface area (Å²) in [4.78, 5) is 28.5. The van der Waals surface area contributed by atoms with Crippen molar-refractivity contribution in [3.05, 3.63) is 95.1 Å². The molecule has 35 heavy (non-hydrogen) atoms. The number of fused-ring (bicyclic) bond motifs is 1. The smallest absolute Gasteiger partial charge is 0.277 e. The molecule has 4 aromatic rings. The van der Waals surface area contributed by atoms with Crippen molar-refractivity contribution >= 4 is 50.5 Å². The molecule has 9 heteroatoms. The van der Waals surface area contributed by atoms with Gasteiger partial charge in [-0.15, -0.1) is 0 Å². The molecule has 176 valence electrons. The molecule has 0 aliphatic heterocycles. The van der Waals surface area contributed by atoms with Crippen LogP contribution in [0.3, 0.4) is 0 Å². The number of benzene rings is 3. The zero-order valence-corrected chi connectivity index (χ0v) is 20.1. The van der Waals surface area contributed by atoms with E-state index >= 15 is 0 Å². The summed E-state index contributed by atoms with van der Waals surface area (Å²) < 4.78 is 11.8. The number of carbonyl (C=O) groups is 2. The molecule has 1 heterocycles. The van der Waals surface area contributed by atoms with Crippen LogP contribution < -0.4 is 20.2 Å². The Hall–Kier alpha value is -4.24. The van der Waals surface area contributed by atoms with Gasteiger partial charge in [0.05, 0.1) is 10.7 Å². The van der Waals surface area contributed by atoms with E-state index in [4.69, 9.17) is 9.47 Å². The third-order valence-corrected chi connectivity index (χ3v) is 5.35. The third-order valence-electron chi connectivity index (χ3n) is 4.73. The monoisotopic (exact) mass is 532 g/mol. The summed E-state index contributed by atoms with van der Waals surface area (Å²) in [5.74, 6) is 0.362. The lowest BCUT2D eigenvalue weighted by Crippen LogP contribution is -2.24. The highest BCUT2D eigenvalue weighted by atomic mass is 79.9. The minimum Gasteiger partial charge on any atom is -0.483 e. The highest BCUT2D eigenvalue weighted by Gasteiger charge is 2.08. The number of ether oxygens (including phenoxy) is 2. The molecule has 0 spiro atoms. The summed E-state index contributed by atoms with van der Waals surface area (Å²) in [7, 11) is 0. The van der Waals surface area contributed by atoms with E-state index in [-0.39, 0.29) is 19.1 Å². The topological polar surface area (TPSA) is 102 Å². The predicted molar refractivity (Wildman–Crippen MR) is 138 cm³/mol. The Morgan fingerprint density at radius 3 is 2.49 bits per heavy atom. The molecule has 2 amide bonds. The molecular weight excluding hydrogens is 512 g/mol. The number of nitrogens with zero attached hydrogens (tertiary/aromatic N) is 2. The summed E-state index contributed by atoms with van der Waals surface area (Å²) in [5, 5.41) is 7.65. The molecule has 2 N–H and O–H groups in total. The molecular formula is C26H21BrN4O4. The minimum absolute atomic E-state index is 0.136. The van der Waals surface area contributed by atoms with Crippen LogP contribution in [-0.4, -0.2) is 36.2 Å². The lowest BCUT2D eigenvalue weighted by atomic mass is 10.2. The van der Waals surface area contributed by atoms with Crippen LogP contribution in [-0.2, 0) is 9.59 Å². The van der Waals surface area contributed by atoms with Crippen LogP contribution in [0.5, 0.6) is 11.5 Å². The van der Waals surface area contributed by atoms with Crippen LogP contribution >= 0.6 is 15.9 Å². The average Bonchev–Trinajstić information content (AvgIpc) is 2.87. The van der Waals surface area contributed by atoms with Crippen molar-refractivity contribution in [2.75, 3.05) is 18.5 Å². The van der Waals surface area contributed by atoms with Gasteiger partial charge in [0.15, 0.2) is 13.2 Å². The van der Waals surface area contributed by atoms with Crippen LogP contribution in [0, 0.1) is 0 Å². The van der Waals surface area contributed by atoms with Gasteiger partial charge < -0.3 is 14.8 Å². The first-order valence-corrected chi connectivity index (χ1v) is 11.4. The number of para-hydroxylation sites is 2. The lowest BCUT2D eigenvalue weighted by Gasteiger charge is -2.09. The van der Waals surface area contributed by atoms with Gasteiger partial charge in [-0.25, -0.2) is 5.43 Å². The SMILES string of the molecule is O=C(COc1cccc2cccnc12)N/N=C/c1ccc(OCC(=O)Nc2ccccc2)c(Br)c1. The number of aromatic nitrogens is 1. The van der Waals surface area contributed by atoms with Gasteiger partial charge in [0.2, 0.25) is 0 Å². The minimum atomic E-state index is -0.405. The summed E-state index contributed by atoms with van der Waals surface area (Å²) in [5.41, 5.74) is 4.54. The molecule has 1 aromatic heterocycles. The summed E-state index contributed by atoms with van der Waals surface area (Å²) in [6.07, 6.45) is 3.17. The number of hydrogen-bond acceptors (Lipinski definition) is 6. The number of amides is 2. The fourth-order valence-corrected chi connectivity index (χ4v) is 3.63. The van der Waals surface area contributed by atoms with E-state index < -0.39 is 5.91 Å². The van der Waals surface area contributed by atoms with Crippen LogP contribution in [0.4, 0.5) is 5.69 Å². The Balaban J connectivity index is 1.24. The molecule has 8 nitrogen and oxygen atoms in total. The maximum Gasteiger partial charge on any atom is 0.277 e. The maximum atomic E-state index is 12.1. The van der Waals surface area contributed by atoms with Crippen molar-refractivity contribution < 1.29 is 19.1 Å². The predicted octanol–water partition coefficient (Wildman–Crippen LogP) is 4.54. The molecule has 0 saturated heterocycles. The quantitative estimate of drug-likeness (QED) is 0.243. The van der Waals surface area contributed by atoms with Crippen molar-refractivity contribution in [1.29, 1.82) is 0 Å². The number of pyridine rings is 1. The molecule has 0 aliphatic carbocycles. The van der Waals surface area contributed by atoms with Gasteiger partial charge in [0.1, 0.15) is 17.0 Å². The number of rotatable bonds is 9. The zero-order chi connectivity index (χ0) is 24.5. The number of halogens is 1. The highest BCUT2D eigenvalue weighted by molar-refractivity contribution is 9.10. The highest BCUT2D eigenvalue weighted by Crippen LogP contribution is 2.26. The van der Waals surface area contributed by atoms with Gasteiger partial charge >= 0.3 is 0 Å². The van der Waals surface area contributed by atoms with Crippen molar-refractivity contribution in [2.45, 2.75) is 0 Å². The summed E-state index contributed by atoms with van der Waals surface area (Å²) in [6, 6.07) is 23.7. The second-order valence-electron chi connectivity index (χ2n) is 7.31. The largest absolute Gasteiger partial charge is 0.483 e. The molecule has 0 aliphatic rings. The fourth-order valence-electron chi connectivity index (χ4n) is 3.12. The van der Waals surface area contributed by atoms with Gasteiger partial charge in [0.25, 0.3) is 11.8 Å². The zero-order valence-electron chi connectivity index (χ0n) is 18.5. The Kier molecular flexibility index (Phi) is 8.03. The summed E-state index contributed by atoms with van der Waals surface area (Å²) >= 11 is 3.42.